The molecule has 1 aromatic rings. The summed E-state index contributed by atoms with van der Waals surface area (Å²) < 4.78 is 5.01. The normalized spacial score (nSPS) is 23.4. The van der Waals surface area contributed by atoms with Crippen molar-refractivity contribution in [1.29, 1.82) is 0 Å². The maximum absolute atomic E-state index is 5.01. The summed E-state index contributed by atoms with van der Waals surface area (Å²) in [6.07, 6.45) is 2.34. The van der Waals surface area contributed by atoms with E-state index in [0.717, 1.165) is 5.92 Å². The maximum Gasteiger partial charge on any atom is 0.322 e. The second-order valence-corrected chi connectivity index (χ2v) is 4.14. The summed E-state index contributed by atoms with van der Waals surface area (Å²) in [5, 5.41) is 6.15. The standard InChI is InChI=1S/C10H17N5O/c1-6-4-7(5-6)12-9-13-8(11-2)14-10(15-9)16-3/h6-7H,4-5H2,1-3H3,(H2,11,12,13,14,15). The van der Waals surface area contributed by atoms with Gasteiger partial charge < -0.3 is 15.4 Å². The van der Waals surface area contributed by atoms with Crippen LogP contribution in [0.2, 0.25) is 0 Å². The van der Waals surface area contributed by atoms with Crippen molar-refractivity contribution in [3.05, 3.63) is 0 Å². The predicted octanol–water partition coefficient (Wildman–Crippen LogP) is 1.13. The summed E-state index contributed by atoms with van der Waals surface area (Å²) in [6.45, 7) is 2.24. The quantitative estimate of drug-likeness (QED) is 0.797. The van der Waals surface area contributed by atoms with Crippen LogP contribution in [0.3, 0.4) is 0 Å². The van der Waals surface area contributed by atoms with E-state index < -0.39 is 0 Å². The Labute approximate surface area is 94.9 Å². The van der Waals surface area contributed by atoms with Crippen LogP contribution in [0.25, 0.3) is 0 Å². The summed E-state index contributed by atoms with van der Waals surface area (Å²) in [5.41, 5.74) is 0. The summed E-state index contributed by atoms with van der Waals surface area (Å²) in [4.78, 5) is 12.4. The van der Waals surface area contributed by atoms with Gasteiger partial charge in [-0.1, -0.05) is 6.92 Å². The maximum atomic E-state index is 5.01. The van der Waals surface area contributed by atoms with Crippen molar-refractivity contribution in [3.63, 3.8) is 0 Å². The number of ether oxygens (including phenoxy) is 1. The summed E-state index contributed by atoms with van der Waals surface area (Å²) in [6, 6.07) is 0.807. The van der Waals surface area contributed by atoms with Gasteiger partial charge in [-0.25, -0.2) is 0 Å². The Kier molecular flexibility index (Phi) is 3.07. The minimum Gasteiger partial charge on any atom is -0.467 e. The molecular weight excluding hydrogens is 206 g/mol. The van der Waals surface area contributed by atoms with Crippen molar-refractivity contribution < 1.29 is 4.74 Å². The number of nitrogens with one attached hydrogen (secondary N) is 2. The Morgan fingerprint density at radius 1 is 1.19 bits per heavy atom. The monoisotopic (exact) mass is 223 g/mol. The van der Waals surface area contributed by atoms with Gasteiger partial charge in [0.25, 0.3) is 0 Å². The summed E-state index contributed by atoms with van der Waals surface area (Å²) >= 11 is 0. The molecule has 1 heterocycles. The molecule has 0 aliphatic heterocycles. The summed E-state index contributed by atoms with van der Waals surface area (Å²) in [5.74, 6) is 1.89. The Morgan fingerprint density at radius 2 is 1.88 bits per heavy atom. The lowest BCUT2D eigenvalue weighted by Gasteiger charge is -2.33. The van der Waals surface area contributed by atoms with Crippen LogP contribution < -0.4 is 15.4 Å². The number of hydrogen-bond donors (Lipinski definition) is 2. The zero-order valence-electron chi connectivity index (χ0n) is 9.82. The molecular formula is C10H17N5O. The molecule has 16 heavy (non-hydrogen) atoms. The van der Waals surface area contributed by atoms with Gasteiger partial charge in [-0.15, -0.1) is 0 Å². The van der Waals surface area contributed by atoms with E-state index in [1.807, 2.05) is 0 Å². The van der Waals surface area contributed by atoms with Crippen LogP contribution >= 0.6 is 0 Å². The molecule has 0 radical (unpaired) electrons. The van der Waals surface area contributed by atoms with E-state index in [1.165, 1.54) is 12.8 Å². The van der Waals surface area contributed by atoms with E-state index in [0.29, 0.717) is 23.9 Å². The number of hydrogen-bond acceptors (Lipinski definition) is 6. The molecule has 0 spiro atoms. The molecule has 1 fully saturated rings. The Morgan fingerprint density at radius 3 is 2.44 bits per heavy atom. The van der Waals surface area contributed by atoms with Gasteiger partial charge in [0, 0.05) is 13.1 Å². The first kappa shape index (κ1) is 10.9. The molecule has 1 aliphatic rings. The van der Waals surface area contributed by atoms with Crippen molar-refractivity contribution in [2.45, 2.75) is 25.8 Å². The van der Waals surface area contributed by atoms with Gasteiger partial charge >= 0.3 is 6.01 Å². The average molecular weight is 223 g/mol. The fraction of sp³-hybridized carbons (Fsp3) is 0.700. The van der Waals surface area contributed by atoms with E-state index in [-0.39, 0.29) is 0 Å². The van der Waals surface area contributed by atoms with Crippen LogP contribution in [0.1, 0.15) is 19.8 Å². The largest absolute Gasteiger partial charge is 0.467 e. The third-order valence-electron chi connectivity index (χ3n) is 2.73. The average Bonchev–Trinajstić information content (AvgIpc) is 2.26. The van der Waals surface area contributed by atoms with Crippen LogP contribution in [-0.2, 0) is 0 Å². The predicted molar refractivity (Wildman–Crippen MR) is 61.7 cm³/mol. The van der Waals surface area contributed by atoms with E-state index in [4.69, 9.17) is 4.74 Å². The highest BCUT2D eigenvalue weighted by Crippen LogP contribution is 2.28. The lowest BCUT2D eigenvalue weighted by molar-refractivity contribution is 0.307. The molecule has 2 N–H and O–H groups in total. The molecule has 0 unspecified atom stereocenters. The van der Waals surface area contributed by atoms with Gasteiger partial charge in [0.15, 0.2) is 0 Å². The highest BCUT2D eigenvalue weighted by molar-refractivity contribution is 5.36. The van der Waals surface area contributed by atoms with Crippen molar-refractivity contribution in [2.75, 3.05) is 24.8 Å². The molecule has 2 rings (SSSR count). The smallest absolute Gasteiger partial charge is 0.322 e. The number of nitrogens with zero attached hydrogens (tertiary/aromatic N) is 3. The first-order chi connectivity index (χ1) is 7.71. The molecule has 88 valence electrons. The van der Waals surface area contributed by atoms with Crippen LogP contribution in [0.5, 0.6) is 6.01 Å². The molecule has 0 aromatic carbocycles. The molecule has 6 nitrogen and oxygen atoms in total. The summed E-state index contributed by atoms with van der Waals surface area (Å²) in [7, 11) is 3.31. The zero-order valence-corrected chi connectivity index (χ0v) is 9.82. The Balaban J connectivity index is 2.07. The lowest BCUT2D eigenvalue weighted by atomic mass is 9.82. The highest BCUT2D eigenvalue weighted by atomic mass is 16.5. The van der Waals surface area contributed by atoms with Crippen LogP contribution in [0.15, 0.2) is 0 Å². The zero-order chi connectivity index (χ0) is 11.5. The molecule has 0 bridgehead atoms. The lowest BCUT2D eigenvalue weighted by Crippen LogP contribution is -2.34. The highest BCUT2D eigenvalue weighted by Gasteiger charge is 2.26. The van der Waals surface area contributed by atoms with Crippen LogP contribution in [0.4, 0.5) is 11.9 Å². The molecule has 1 aliphatic carbocycles. The fourth-order valence-electron chi connectivity index (χ4n) is 1.83. The number of aromatic nitrogens is 3. The molecule has 1 saturated carbocycles. The number of rotatable bonds is 4. The minimum atomic E-state index is 0.328. The third-order valence-corrected chi connectivity index (χ3v) is 2.73. The SMILES string of the molecule is CNc1nc(NC2CC(C)C2)nc(OC)n1. The molecule has 6 heteroatoms. The molecule has 0 amide bonds. The number of anilines is 2. The first-order valence-corrected chi connectivity index (χ1v) is 5.45. The molecule has 1 aromatic heterocycles. The first-order valence-electron chi connectivity index (χ1n) is 5.45. The van der Waals surface area contributed by atoms with Crippen molar-refractivity contribution in [2.24, 2.45) is 5.92 Å². The second-order valence-electron chi connectivity index (χ2n) is 4.14. The van der Waals surface area contributed by atoms with Crippen molar-refractivity contribution in [3.8, 4) is 6.01 Å². The molecule has 0 saturated heterocycles. The van der Waals surface area contributed by atoms with Gasteiger partial charge in [-0.2, -0.15) is 15.0 Å². The topological polar surface area (TPSA) is 72.0 Å². The van der Waals surface area contributed by atoms with E-state index in [9.17, 15) is 0 Å². The number of methoxy groups -OCH3 is 1. The van der Waals surface area contributed by atoms with Gasteiger partial charge in [-0.05, 0) is 18.8 Å². The van der Waals surface area contributed by atoms with E-state index in [1.54, 1.807) is 14.2 Å². The second kappa shape index (κ2) is 4.51. The van der Waals surface area contributed by atoms with Crippen molar-refractivity contribution in [1.82, 2.24) is 15.0 Å². The van der Waals surface area contributed by atoms with Gasteiger partial charge in [0.2, 0.25) is 11.9 Å². The third kappa shape index (κ3) is 2.32. The van der Waals surface area contributed by atoms with Gasteiger partial charge in [0.05, 0.1) is 7.11 Å². The van der Waals surface area contributed by atoms with Gasteiger partial charge in [-0.3, -0.25) is 0 Å². The van der Waals surface area contributed by atoms with E-state index in [2.05, 4.69) is 32.5 Å². The van der Waals surface area contributed by atoms with Gasteiger partial charge in [0.1, 0.15) is 0 Å². The van der Waals surface area contributed by atoms with Crippen LogP contribution in [0, 0.1) is 5.92 Å². The Bertz CT molecular complexity index is 342. The van der Waals surface area contributed by atoms with Crippen molar-refractivity contribution >= 4 is 11.9 Å². The van der Waals surface area contributed by atoms with E-state index >= 15 is 0 Å². The Hall–Kier alpha value is -1.59. The minimum absolute atomic E-state index is 0.328. The fourth-order valence-corrected chi connectivity index (χ4v) is 1.83. The van der Waals surface area contributed by atoms with Crippen LogP contribution in [-0.4, -0.2) is 35.2 Å². The molecule has 0 atom stereocenters.